The Morgan fingerprint density at radius 3 is 2.53 bits per heavy atom. The summed E-state index contributed by atoms with van der Waals surface area (Å²) in [6.07, 6.45) is 0. The summed E-state index contributed by atoms with van der Waals surface area (Å²) in [6, 6.07) is 3.27. The van der Waals surface area contributed by atoms with Crippen molar-refractivity contribution in [2.45, 2.75) is 6.54 Å². The number of halogens is 1. The van der Waals surface area contributed by atoms with Crippen LogP contribution >= 0.6 is 15.9 Å². The van der Waals surface area contributed by atoms with Crippen LogP contribution in [-0.2, 0) is 6.54 Å². The van der Waals surface area contributed by atoms with Gasteiger partial charge in [-0.3, -0.25) is 10.1 Å². The first kappa shape index (κ1) is 11.8. The first-order valence-electron chi connectivity index (χ1n) is 4.11. The van der Waals surface area contributed by atoms with Gasteiger partial charge in [0.25, 0.3) is 0 Å². The molecule has 0 N–H and O–H groups in total. The first-order valence-corrected chi connectivity index (χ1v) is 4.90. The lowest BCUT2D eigenvalue weighted by molar-refractivity contribution is -0.497. The molecule has 15 heavy (non-hydrogen) atoms. The van der Waals surface area contributed by atoms with Gasteiger partial charge in [0.2, 0.25) is 6.54 Å². The van der Waals surface area contributed by atoms with E-state index in [1.165, 1.54) is 14.2 Å². The third-order valence-corrected chi connectivity index (χ3v) is 2.73. The molecule has 0 unspecified atom stereocenters. The fourth-order valence-electron chi connectivity index (χ4n) is 1.19. The van der Waals surface area contributed by atoms with E-state index in [2.05, 4.69) is 15.9 Å². The minimum Gasteiger partial charge on any atom is -0.493 e. The van der Waals surface area contributed by atoms with Crippen LogP contribution in [0.4, 0.5) is 0 Å². The number of ether oxygens (including phenoxy) is 2. The van der Waals surface area contributed by atoms with E-state index >= 15 is 0 Å². The SMILES string of the molecule is COc1ccc(C[N+](=O)[O-])c(Br)c1OC. The Morgan fingerprint density at radius 1 is 1.40 bits per heavy atom. The number of nitrogens with zero attached hydrogens (tertiary/aromatic N) is 1. The van der Waals surface area contributed by atoms with Gasteiger partial charge in [0.1, 0.15) is 0 Å². The average Bonchev–Trinajstić information content (AvgIpc) is 2.20. The summed E-state index contributed by atoms with van der Waals surface area (Å²) in [5.41, 5.74) is 0.553. The van der Waals surface area contributed by atoms with Gasteiger partial charge in [-0.25, -0.2) is 0 Å². The Bertz CT molecular complexity index is 381. The van der Waals surface area contributed by atoms with Crippen molar-refractivity contribution in [3.05, 3.63) is 32.3 Å². The molecule has 5 nitrogen and oxygen atoms in total. The molecule has 0 aliphatic carbocycles. The molecule has 0 aliphatic rings. The molecule has 0 atom stereocenters. The zero-order valence-corrected chi connectivity index (χ0v) is 9.91. The minimum absolute atomic E-state index is 0.249. The lowest BCUT2D eigenvalue weighted by Gasteiger charge is -2.10. The van der Waals surface area contributed by atoms with E-state index in [0.717, 1.165) is 0 Å². The molecular weight excluding hydrogens is 266 g/mol. The van der Waals surface area contributed by atoms with E-state index in [1.54, 1.807) is 12.1 Å². The highest BCUT2D eigenvalue weighted by Gasteiger charge is 2.15. The van der Waals surface area contributed by atoms with Gasteiger partial charge >= 0.3 is 0 Å². The van der Waals surface area contributed by atoms with Crippen LogP contribution in [0.3, 0.4) is 0 Å². The standard InChI is InChI=1S/C9H10BrNO4/c1-14-7-4-3-6(5-11(12)13)8(10)9(7)15-2/h3-4H,5H2,1-2H3. The second-order valence-electron chi connectivity index (χ2n) is 2.77. The number of nitro groups is 1. The van der Waals surface area contributed by atoms with E-state index < -0.39 is 4.92 Å². The summed E-state index contributed by atoms with van der Waals surface area (Å²) in [5, 5.41) is 10.4. The molecule has 0 aliphatic heterocycles. The van der Waals surface area contributed by atoms with Gasteiger partial charge < -0.3 is 9.47 Å². The van der Waals surface area contributed by atoms with E-state index in [-0.39, 0.29) is 6.54 Å². The summed E-state index contributed by atoms with van der Waals surface area (Å²) in [6.45, 7) is -0.249. The Hall–Kier alpha value is -1.30. The number of methoxy groups -OCH3 is 2. The molecular formula is C9H10BrNO4. The van der Waals surface area contributed by atoms with Crippen molar-refractivity contribution < 1.29 is 14.4 Å². The van der Waals surface area contributed by atoms with Gasteiger partial charge in [-0.1, -0.05) is 0 Å². The number of hydrogen-bond donors (Lipinski definition) is 0. The molecule has 1 aromatic carbocycles. The zero-order chi connectivity index (χ0) is 11.4. The molecule has 0 saturated carbocycles. The molecule has 82 valence electrons. The Labute approximate surface area is 95.3 Å². The zero-order valence-electron chi connectivity index (χ0n) is 8.32. The van der Waals surface area contributed by atoms with Crippen molar-refractivity contribution in [1.82, 2.24) is 0 Å². The van der Waals surface area contributed by atoms with Crippen LogP contribution in [0.2, 0.25) is 0 Å². The van der Waals surface area contributed by atoms with Crippen LogP contribution in [0, 0.1) is 10.1 Å². The highest BCUT2D eigenvalue weighted by molar-refractivity contribution is 9.10. The maximum Gasteiger partial charge on any atom is 0.230 e. The lowest BCUT2D eigenvalue weighted by Crippen LogP contribution is -2.01. The lowest BCUT2D eigenvalue weighted by atomic mass is 10.2. The minimum atomic E-state index is -0.397. The van der Waals surface area contributed by atoms with E-state index in [0.29, 0.717) is 21.5 Å². The predicted molar refractivity (Wildman–Crippen MR) is 57.9 cm³/mol. The van der Waals surface area contributed by atoms with Crippen molar-refractivity contribution in [1.29, 1.82) is 0 Å². The maximum absolute atomic E-state index is 10.4. The summed E-state index contributed by atoms with van der Waals surface area (Å²) in [4.78, 5) is 9.99. The summed E-state index contributed by atoms with van der Waals surface area (Å²) >= 11 is 3.25. The molecule has 0 amide bonds. The molecule has 0 radical (unpaired) electrons. The maximum atomic E-state index is 10.4. The number of hydrogen-bond acceptors (Lipinski definition) is 4. The smallest absolute Gasteiger partial charge is 0.230 e. The number of rotatable bonds is 4. The highest BCUT2D eigenvalue weighted by atomic mass is 79.9. The van der Waals surface area contributed by atoms with Gasteiger partial charge in [0.05, 0.1) is 18.7 Å². The summed E-state index contributed by atoms with van der Waals surface area (Å²) < 4.78 is 10.7. The van der Waals surface area contributed by atoms with Gasteiger partial charge in [-0.15, -0.1) is 0 Å². The normalized spacial score (nSPS) is 9.80. The quantitative estimate of drug-likeness (QED) is 0.625. The van der Waals surface area contributed by atoms with Crippen LogP contribution in [0.15, 0.2) is 16.6 Å². The van der Waals surface area contributed by atoms with E-state index in [4.69, 9.17) is 9.47 Å². The Kier molecular flexibility index (Phi) is 3.90. The van der Waals surface area contributed by atoms with Gasteiger partial charge in [-0.2, -0.15) is 0 Å². The van der Waals surface area contributed by atoms with Crippen LogP contribution in [-0.4, -0.2) is 19.1 Å². The summed E-state index contributed by atoms with van der Waals surface area (Å²) in [5.74, 6) is 1.01. The van der Waals surface area contributed by atoms with Crippen LogP contribution in [0.25, 0.3) is 0 Å². The second kappa shape index (κ2) is 4.97. The average molecular weight is 276 g/mol. The molecule has 0 heterocycles. The molecule has 0 fully saturated rings. The van der Waals surface area contributed by atoms with E-state index in [1.807, 2.05) is 0 Å². The molecule has 0 spiro atoms. The van der Waals surface area contributed by atoms with Crippen molar-refractivity contribution in [2.24, 2.45) is 0 Å². The Balaban J connectivity index is 3.16. The molecule has 6 heteroatoms. The predicted octanol–water partition coefficient (Wildman–Crippen LogP) is 2.24. The van der Waals surface area contributed by atoms with Crippen LogP contribution in [0.5, 0.6) is 11.5 Å². The van der Waals surface area contributed by atoms with Gasteiger partial charge in [0, 0.05) is 10.5 Å². The fraction of sp³-hybridized carbons (Fsp3) is 0.333. The number of benzene rings is 1. The monoisotopic (exact) mass is 275 g/mol. The largest absolute Gasteiger partial charge is 0.493 e. The highest BCUT2D eigenvalue weighted by Crippen LogP contribution is 2.37. The van der Waals surface area contributed by atoms with Crippen molar-refractivity contribution in [3.63, 3.8) is 0 Å². The molecule has 1 aromatic rings. The van der Waals surface area contributed by atoms with Crippen molar-refractivity contribution >= 4 is 15.9 Å². The van der Waals surface area contributed by atoms with Gasteiger partial charge in [-0.05, 0) is 28.1 Å². The molecule has 0 saturated heterocycles. The topological polar surface area (TPSA) is 61.6 Å². The Morgan fingerprint density at radius 2 is 2.07 bits per heavy atom. The third kappa shape index (κ3) is 2.59. The first-order chi connectivity index (χ1) is 7.10. The molecule has 1 rings (SSSR count). The van der Waals surface area contributed by atoms with Crippen molar-refractivity contribution in [2.75, 3.05) is 14.2 Å². The molecule has 0 bridgehead atoms. The van der Waals surface area contributed by atoms with Crippen LogP contribution < -0.4 is 9.47 Å². The summed E-state index contributed by atoms with van der Waals surface area (Å²) in [7, 11) is 3.00. The van der Waals surface area contributed by atoms with Crippen molar-refractivity contribution in [3.8, 4) is 11.5 Å². The van der Waals surface area contributed by atoms with Crippen LogP contribution in [0.1, 0.15) is 5.56 Å². The third-order valence-electron chi connectivity index (χ3n) is 1.86. The molecule has 0 aromatic heterocycles. The van der Waals surface area contributed by atoms with Gasteiger partial charge in [0.15, 0.2) is 11.5 Å². The second-order valence-corrected chi connectivity index (χ2v) is 3.56. The van der Waals surface area contributed by atoms with E-state index in [9.17, 15) is 10.1 Å². The fourth-order valence-corrected chi connectivity index (χ4v) is 1.81.